The number of aromatic nitrogens is 8. The minimum absolute atomic E-state index is 0.650. The number of hydrogen-bond acceptors (Lipinski definition) is 7. The second kappa shape index (κ2) is 8.45. The van der Waals surface area contributed by atoms with Gasteiger partial charge in [-0.15, -0.1) is 0 Å². The van der Waals surface area contributed by atoms with E-state index in [9.17, 15) is 0 Å². The van der Waals surface area contributed by atoms with Crippen LogP contribution in [0.2, 0.25) is 0 Å². The Morgan fingerprint density at radius 3 is 2.68 bits per heavy atom. The van der Waals surface area contributed by atoms with Crippen LogP contribution in [0.1, 0.15) is 12.5 Å². The van der Waals surface area contributed by atoms with Gasteiger partial charge in [0.25, 0.3) is 0 Å². The molecular formula is C25H21N9. The third kappa shape index (κ3) is 3.57. The van der Waals surface area contributed by atoms with Gasteiger partial charge in [0.05, 0.1) is 17.1 Å². The molecule has 0 bridgehead atoms. The molecule has 6 aromatic rings. The van der Waals surface area contributed by atoms with Gasteiger partial charge in [0.1, 0.15) is 11.2 Å². The fraction of sp³-hybridized carbons (Fsp3) is 0.120. The molecule has 0 aromatic carbocycles. The van der Waals surface area contributed by atoms with Crippen LogP contribution in [-0.2, 0) is 6.54 Å². The maximum atomic E-state index is 4.88. The van der Waals surface area contributed by atoms with Crippen LogP contribution < -0.4 is 5.32 Å². The fourth-order valence-electron chi connectivity index (χ4n) is 4.03. The van der Waals surface area contributed by atoms with E-state index in [1.807, 2.05) is 36.9 Å². The summed E-state index contributed by atoms with van der Waals surface area (Å²) >= 11 is 0. The van der Waals surface area contributed by atoms with E-state index in [-0.39, 0.29) is 0 Å². The number of hydrogen-bond donors (Lipinski definition) is 3. The Morgan fingerprint density at radius 2 is 1.79 bits per heavy atom. The fourth-order valence-corrected chi connectivity index (χ4v) is 4.03. The standard InChI is InChI=1S/C25H21N9/c1-2-26-8-15-6-17(11-28-9-15)18-7-19-23(33-34-24(19)30-12-18)25-31-21-14-29-13-20(22(21)32-25)16-4-3-5-27-10-16/h3-7,9-14,26H,2,8H2,1H3,(H,31,32)(H,30,33,34). The summed E-state index contributed by atoms with van der Waals surface area (Å²) < 4.78 is 0. The van der Waals surface area contributed by atoms with E-state index >= 15 is 0 Å². The molecular weight excluding hydrogens is 426 g/mol. The summed E-state index contributed by atoms with van der Waals surface area (Å²) in [5.74, 6) is 0.650. The molecule has 0 radical (unpaired) electrons. The highest BCUT2D eigenvalue weighted by molar-refractivity contribution is 5.96. The zero-order valence-corrected chi connectivity index (χ0v) is 18.4. The van der Waals surface area contributed by atoms with E-state index in [2.05, 4.69) is 59.5 Å². The Bertz CT molecular complexity index is 1600. The lowest BCUT2D eigenvalue weighted by molar-refractivity contribution is 0.724. The maximum absolute atomic E-state index is 4.88. The smallest absolute Gasteiger partial charge is 0.159 e. The molecule has 9 heteroatoms. The predicted molar refractivity (Wildman–Crippen MR) is 131 cm³/mol. The first-order valence-electron chi connectivity index (χ1n) is 11.0. The predicted octanol–water partition coefficient (Wildman–Crippen LogP) is 4.13. The van der Waals surface area contributed by atoms with Gasteiger partial charge in [-0.1, -0.05) is 13.0 Å². The molecule has 0 atom stereocenters. The van der Waals surface area contributed by atoms with E-state index in [4.69, 9.17) is 4.98 Å². The highest BCUT2D eigenvalue weighted by Gasteiger charge is 2.17. The molecule has 0 spiro atoms. The average Bonchev–Trinajstić information content (AvgIpc) is 3.51. The Morgan fingerprint density at radius 1 is 0.912 bits per heavy atom. The second-order valence-corrected chi connectivity index (χ2v) is 7.96. The van der Waals surface area contributed by atoms with Crippen LogP contribution in [0.4, 0.5) is 0 Å². The van der Waals surface area contributed by atoms with Crippen molar-refractivity contribution in [2.24, 2.45) is 0 Å². The molecule has 6 rings (SSSR count). The molecule has 34 heavy (non-hydrogen) atoms. The van der Waals surface area contributed by atoms with Crippen molar-refractivity contribution in [3.05, 3.63) is 73.2 Å². The van der Waals surface area contributed by atoms with Crippen molar-refractivity contribution in [3.8, 4) is 33.8 Å². The van der Waals surface area contributed by atoms with E-state index in [1.54, 1.807) is 18.6 Å². The molecule has 0 unspecified atom stereocenters. The van der Waals surface area contributed by atoms with Crippen molar-refractivity contribution in [2.75, 3.05) is 6.54 Å². The molecule has 0 aliphatic carbocycles. The highest BCUT2D eigenvalue weighted by atomic mass is 15.2. The van der Waals surface area contributed by atoms with Crippen molar-refractivity contribution in [3.63, 3.8) is 0 Å². The first kappa shape index (κ1) is 20.1. The number of H-pyrrole nitrogens is 2. The number of imidazole rings is 1. The van der Waals surface area contributed by atoms with Crippen molar-refractivity contribution in [1.29, 1.82) is 0 Å². The zero-order valence-electron chi connectivity index (χ0n) is 18.4. The monoisotopic (exact) mass is 447 g/mol. The summed E-state index contributed by atoms with van der Waals surface area (Å²) in [5, 5.41) is 11.8. The molecule has 3 N–H and O–H groups in total. The topological polar surface area (TPSA) is 121 Å². The minimum Gasteiger partial charge on any atom is -0.335 e. The molecule has 0 amide bonds. The normalized spacial score (nSPS) is 11.4. The summed E-state index contributed by atoms with van der Waals surface area (Å²) in [6, 6.07) is 8.10. The van der Waals surface area contributed by atoms with Crippen LogP contribution in [0.15, 0.2) is 67.6 Å². The summed E-state index contributed by atoms with van der Waals surface area (Å²) in [4.78, 5) is 25.8. The van der Waals surface area contributed by atoms with E-state index in [1.165, 1.54) is 0 Å². The Kier molecular flexibility index (Phi) is 5.00. The highest BCUT2D eigenvalue weighted by Crippen LogP contribution is 2.31. The average molecular weight is 448 g/mol. The number of nitrogens with zero attached hydrogens (tertiary/aromatic N) is 6. The molecule has 6 heterocycles. The van der Waals surface area contributed by atoms with Gasteiger partial charge in [-0.2, -0.15) is 5.10 Å². The van der Waals surface area contributed by atoms with Crippen LogP contribution in [0.3, 0.4) is 0 Å². The second-order valence-electron chi connectivity index (χ2n) is 7.96. The number of fused-ring (bicyclic) bond motifs is 2. The zero-order chi connectivity index (χ0) is 22.9. The van der Waals surface area contributed by atoms with E-state index < -0.39 is 0 Å². The summed E-state index contributed by atoms with van der Waals surface area (Å²) in [5.41, 5.74) is 8.01. The van der Waals surface area contributed by atoms with Crippen LogP contribution >= 0.6 is 0 Å². The molecule has 0 fully saturated rings. The van der Waals surface area contributed by atoms with Crippen LogP contribution in [0.5, 0.6) is 0 Å². The van der Waals surface area contributed by atoms with Crippen molar-refractivity contribution in [2.45, 2.75) is 13.5 Å². The summed E-state index contributed by atoms with van der Waals surface area (Å²) in [7, 11) is 0. The van der Waals surface area contributed by atoms with Gasteiger partial charge < -0.3 is 10.3 Å². The number of pyridine rings is 4. The number of aromatic amines is 2. The molecule has 166 valence electrons. The van der Waals surface area contributed by atoms with Gasteiger partial charge in [0.15, 0.2) is 11.5 Å². The number of rotatable bonds is 6. The minimum atomic E-state index is 0.650. The first-order chi connectivity index (χ1) is 16.8. The quantitative estimate of drug-likeness (QED) is 0.351. The molecule has 0 aliphatic rings. The largest absolute Gasteiger partial charge is 0.335 e. The third-order valence-electron chi connectivity index (χ3n) is 5.71. The molecule has 0 saturated carbocycles. The van der Waals surface area contributed by atoms with Crippen LogP contribution in [0.25, 0.3) is 55.8 Å². The Balaban J connectivity index is 1.44. The molecule has 0 saturated heterocycles. The van der Waals surface area contributed by atoms with Gasteiger partial charge in [0, 0.05) is 66.0 Å². The van der Waals surface area contributed by atoms with E-state index in [0.29, 0.717) is 17.2 Å². The number of nitrogens with one attached hydrogen (secondary N) is 3. The molecule has 9 nitrogen and oxygen atoms in total. The van der Waals surface area contributed by atoms with Crippen molar-refractivity contribution < 1.29 is 0 Å². The molecule has 0 aliphatic heterocycles. The van der Waals surface area contributed by atoms with E-state index in [0.717, 1.165) is 57.3 Å². The lowest BCUT2D eigenvalue weighted by Gasteiger charge is -2.05. The van der Waals surface area contributed by atoms with Crippen molar-refractivity contribution >= 4 is 22.1 Å². The SMILES string of the molecule is CCNCc1cncc(-c2cnc3[nH]nc(-c4nc5c(-c6cccnc6)cncc5[nH]4)c3c2)c1. The van der Waals surface area contributed by atoms with Gasteiger partial charge in [0.2, 0.25) is 0 Å². The van der Waals surface area contributed by atoms with Gasteiger partial charge in [-0.25, -0.2) is 9.97 Å². The molecule has 6 aromatic heterocycles. The lowest BCUT2D eigenvalue weighted by Crippen LogP contribution is -2.11. The Hall–Kier alpha value is -4.50. The van der Waals surface area contributed by atoms with Gasteiger partial charge in [-0.05, 0) is 30.3 Å². The summed E-state index contributed by atoms with van der Waals surface area (Å²) in [6.07, 6.45) is 12.7. The van der Waals surface area contributed by atoms with Gasteiger partial charge >= 0.3 is 0 Å². The van der Waals surface area contributed by atoms with Gasteiger partial charge in [-0.3, -0.25) is 20.1 Å². The van der Waals surface area contributed by atoms with Crippen LogP contribution in [-0.4, -0.2) is 46.6 Å². The lowest BCUT2D eigenvalue weighted by atomic mass is 10.1. The van der Waals surface area contributed by atoms with Crippen molar-refractivity contribution in [1.82, 2.24) is 45.4 Å². The third-order valence-corrected chi connectivity index (χ3v) is 5.71. The Labute approximate surface area is 194 Å². The van der Waals surface area contributed by atoms with Crippen LogP contribution in [0, 0.1) is 0 Å². The first-order valence-corrected chi connectivity index (χ1v) is 11.0. The summed E-state index contributed by atoms with van der Waals surface area (Å²) in [6.45, 7) is 3.77. The maximum Gasteiger partial charge on any atom is 0.159 e.